The highest BCUT2D eigenvalue weighted by atomic mass is 32.1. The van der Waals surface area contributed by atoms with Gasteiger partial charge in [-0.3, -0.25) is 4.90 Å². The second-order valence-electron chi connectivity index (χ2n) is 6.44. The molecule has 1 fully saturated rings. The number of thiophene rings is 1. The minimum Gasteiger partial charge on any atom is -0.369 e. The summed E-state index contributed by atoms with van der Waals surface area (Å²) in [5.74, 6) is 0. The van der Waals surface area contributed by atoms with Gasteiger partial charge in [0.15, 0.2) is 0 Å². The van der Waals surface area contributed by atoms with E-state index in [1.807, 2.05) is 13.0 Å². The molecule has 0 aliphatic carbocycles. The fourth-order valence-electron chi connectivity index (χ4n) is 3.77. The smallest absolute Gasteiger partial charge is 0.251 e. The SMILES string of the molecule is C[C@H]1C[C@@]2(CCN1CC(F)F)OCCc1cc(CC(F)F)sc12. The molecular formula is C16H21F4NOS. The Morgan fingerprint density at radius 1 is 1.35 bits per heavy atom. The van der Waals surface area contributed by atoms with Crippen LogP contribution in [0, 0.1) is 0 Å². The van der Waals surface area contributed by atoms with Crippen LogP contribution in [0.2, 0.25) is 0 Å². The van der Waals surface area contributed by atoms with Gasteiger partial charge in [-0.2, -0.15) is 0 Å². The van der Waals surface area contributed by atoms with E-state index >= 15 is 0 Å². The third-order valence-electron chi connectivity index (χ3n) is 4.80. The lowest BCUT2D eigenvalue weighted by atomic mass is 9.82. The van der Waals surface area contributed by atoms with E-state index in [-0.39, 0.29) is 19.0 Å². The summed E-state index contributed by atoms with van der Waals surface area (Å²) in [7, 11) is 0. The summed E-state index contributed by atoms with van der Waals surface area (Å²) in [6.45, 7) is 2.84. The zero-order valence-corrected chi connectivity index (χ0v) is 13.9. The third-order valence-corrected chi connectivity index (χ3v) is 6.19. The fraction of sp³-hybridized carbons (Fsp3) is 0.750. The Morgan fingerprint density at radius 3 is 2.78 bits per heavy atom. The maximum Gasteiger partial charge on any atom is 0.251 e. The Bertz CT molecular complexity index is 550. The first-order valence-electron chi connectivity index (χ1n) is 7.96. The summed E-state index contributed by atoms with van der Waals surface area (Å²) in [5, 5.41) is 0. The van der Waals surface area contributed by atoms with Gasteiger partial charge >= 0.3 is 0 Å². The molecule has 3 heterocycles. The van der Waals surface area contributed by atoms with E-state index < -0.39 is 18.5 Å². The van der Waals surface area contributed by atoms with Gasteiger partial charge in [-0.05, 0) is 37.8 Å². The van der Waals surface area contributed by atoms with E-state index in [4.69, 9.17) is 4.74 Å². The molecule has 2 atom stereocenters. The van der Waals surface area contributed by atoms with Crippen molar-refractivity contribution in [1.82, 2.24) is 4.90 Å². The van der Waals surface area contributed by atoms with Crippen molar-refractivity contribution >= 4 is 11.3 Å². The van der Waals surface area contributed by atoms with Crippen molar-refractivity contribution in [2.45, 2.75) is 57.1 Å². The first-order chi connectivity index (χ1) is 10.9. The van der Waals surface area contributed by atoms with E-state index in [1.165, 1.54) is 11.3 Å². The van der Waals surface area contributed by atoms with Crippen molar-refractivity contribution in [2.75, 3.05) is 19.7 Å². The number of piperidine rings is 1. The number of rotatable bonds is 4. The van der Waals surface area contributed by atoms with Crippen LogP contribution in [-0.4, -0.2) is 43.5 Å². The lowest BCUT2D eigenvalue weighted by Gasteiger charge is -2.47. The lowest BCUT2D eigenvalue weighted by molar-refractivity contribution is -0.114. The van der Waals surface area contributed by atoms with Crippen molar-refractivity contribution in [3.63, 3.8) is 0 Å². The predicted octanol–water partition coefficient (Wildman–Crippen LogP) is 4.07. The Morgan fingerprint density at radius 2 is 2.13 bits per heavy atom. The largest absolute Gasteiger partial charge is 0.369 e. The molecule has 0 radical (unpaired) electrons. The predicted molar refractivity (Wildman–Crippen MR) is 81.6 cm³/mol. The first kappa shape index (κ1) is 17.2. The number of likely N-dealkylation sites (tertiary alicyclic amines) is 1. The molecule has 2 aliphatic heterocycles. The number of ether oxygens (including phenoxy) is 1. The summed E-state index contributed by atoms with van der Waals surface area (Å²) in [6.07, 6.45) is -2.88. The number of hydrogen-bond acceptors (Lipinski definition) is 3. The van der Waals surface area contributed by atoms with Crippen LogP contribution in [0.3, 0.4) is 0 Å². The fourth-order valence-corrected chi connectivity index (χ4v) is 5.17. The molecule has 7 heteroatoms. The highest BCUT2D eigenvalue weighted by molar-refractivity contribution is 7.12. The molecule has 0 N–H and O–H groups in total. The van der Waals surface area contributed by atoms with E-state index in [1.54, 1.807) is 4.90 Å². The summed E-state index contributed by atoms with van der Waals surface area (Å²) < 4.78 is 56.7. The number of alkyl halides is 4. The van der Waals surface area contributed by atoms with Crippen LogP contribution < -0.4 is 0 Å². The molecule has 0 amide bonds. The summed E-state index contributed by atoms with van der Waals surface area (Å²) in [4.78, 5) is 3.53. The molecule has 0 aromatic carbocycles. The monoisotopic (exact) mass is 351 g/mol. The molecule has 0 bridgehead atoms. The number of hydrogen-bond donors (Lipinski definition) is 0. The van der Waals surface area contributed by atoms with Gasteiger partial charge in [-0.25, -0.2) is 17.6 Å². The molecule has 2 nitrogen and oxygen atoms in total. The average Bonchev–Trinajstić information content (AvgIpc) is 2.85. The van der Waals surface area contributed by atoms with E-state index in [2.05, 4.69) is 0 Å². The Labute approximate surface area is 137 Å². The van der Waals surface area contributed by atoms with Gasteiger partial charge < -0.3 is 4.74 Å². The van der Waals surface area contributed by atoms with E-state index in [9.17, 15) is 17.6 Å². The minimum absolute atomic E-state index is 0.00986. The Hall–Kier alpha value is -0.660. The van der Waals surface area contributed by atoms with Gasteiger partial charge in [-0.15, -0.1) is 11.3 Å². The Kier molecular flexibility index (Phi) is 4.99. The average molecular weight is 351 g/mol. The number of fused-ring (bicyclic) bond motifs is 2. The van der Waals surface area contributed by atoms with Crippen LogP contribution >= 0.6 is 11.3 Å². The summed E-state index contributed by atoms with van der Waals surface area (Å²) in [6, 6.07) is 1.87. The van der Waals surface area contributed by atoms with Crippen LogP contribution in [0.15, 0.2) is 6.07 Å². The van der Waals surface area contributed by atoms with Gasteiger partial charge in [0.05, 0.1) is 13.2 Å². The van der Waals surface area contributed by atoms with Crippen LogP contribution in [0.25, 0.3) is 0 Å². The van der Waals surface area contributed by atoms with Gasteiger partial charge in [-0.1, -0.05) is 0 Å². The zero-order valence-electron chi connectivity index (χ0n) is 13.0. The van der Waals surface area contributed by atoms with Crippen molar-refractivity contribution in [3.8, 4) is 0 Å². The standard InChI is InChI=1S/C16H21F4NOS/c1-10-8-16(3-4-21(10)9-14(19)20)15-11(2-5-22-16)6-12(23-15)7-13(17)18/h6,10,13-14H,2-5,7-9H2,1H3/t10-,16+/m0/s1. The van der Waals surface area contributed by atoms with Gasteiger partial charge in [0, 0.05) is 28.8 Å². The van der Waals surface area contributed by atoms with Crippen molar-refractivity contribution < 1.29 is 22.3 Å². The van der Waals surface area contributed by atoms with Crippen LogP contribution in [-0.2, 0) is 23.2 Å². The minimum atomic E-state index is -2.35. The molecule has 0 unspecified atom stereocenters. The second-order valence-corrected chi connectivity index (χ2v) is 7.58. The van der Waals surface area contributed by atoms with Gasteiger partial charge in [0.2, 0.25) is 6.43 Å². The molecule has 1 saturated heterocycles. The number of nitrogens with zero attached hydrogens (tertiary/aromatic N) is 1. The summed E-state index contributed by atoms with van der Waals surface area (Å²) in [5.41, 5.74) is 0.628. The van der Waals surface area contributed by atoms with Crippen molar-refractivity contribution in [2.24, 2.45) is 0 Å². The third kappa shape index (κ3) is 3.56. The second kappa shape index (κ2) is 6.69. The quantitative estimate of drug-likeness (QED) is 0.758. The highest BCUT2D eigenvalue weighted by Gasteiger charge is 2.45. The molecule has 23 heavy (non-hydrogen) atoms. The van der Waals surface area contributed by atoms with E-state index in [0.717, 1.165) is 16.9 Å². The van der Waals surface area contributed by atoms with Crippen molar-refractivity contribution in [3.05, 3.63) is 21.4 Å². The Balaban J connectivity index is 1.81. The van der Waals surface area contributed by atoms with Crippen LogP contribution in [0.4, 0.5) is 17.6 Å². The zero-order chi connectivity index (χ0) is 16.6. The topological polar surface area (TPSA) is 12.5 Å². The van der Waals surface area contributed by atoms with Crippen LogP contribution in [0.1, 0.15) is 35.1 Å². The van der Waals surface area contributed by atoms with Gasteiger partial charge in [0.1, 0.15) is 5.60 Å². The maximum atomic E-state index is 12.7. The highest BCUT2D eigenvalue weighted by Crippen LogP contribution is 2.47. The van der Waals surface area contributed by atoms with Crippen molar-refractivity contribution in [1.29, 1.82) is 0 Å². The molecule has 0 saturated carbocycles. The molecule has 1 aromatic heterocycles. The molecular weight excluding hydrogens is 330 g/mol. The van der Waals surface area contributed by atoms with Crippen LogP contribution in [0.5, 0.6) is 0 Å². The lowest BCUT2D eigenvalue weighted by Crippen LogP contribution is -2.51. The van der Waals surface area contributed by atoms with Gasteiger partial charge in [0.25, 0.3) is 6.43 Å². The molecule has 3 rings (SSSR count). The molecule has 1 spiro atoms. The first-order valence-corrected chi connectivity index (χ1v) is 8.77. The summed E-state index contributed by atoms with van der Waals surface area (Å²) >= 11 is 1.41. The molecule has 130 valence electrons. The normalized spacial score (nSPS) is 28.7. The molecule has 1 aromatic rings. The number of halogens is 4. The molecule has 2 aliphatic rings. The van der Waals surface area contributed by atoms with E-state index in [0.29, 0.717) is 30.9 Å². The maximum absolute atomic E-state index is 12.7.